The van der Waals surface area contributed by atoms with Gasteiger partial charge in [-0.2, -0.15) is 0 Å². The molecule has 4 amide bonds. The maximum Gasteiger partial charge on any atom is 0.250 e. The van der Waals surface area contributed by atoms with Crippen molar-refractivity contribution in [2.45, 2.75) is 45.8 Å². The Balaban J connectivity index is 1.32. The average molecular weight is 566 g/mol. The second-order valence-corrected chi connectivity index (χ2v) is 10.9. The minimum atomic E-state index is -0.900. The van der Waals surface area contributed by atoms with Gasteiger partial charge in [0.1, 0.15) is 25.2 Å². The Morgan fingerprint density at radius 1 is 0.976 bits per heavy atom. The molecule has 5 rings (SSSR count). The molecule has 0 spiro atoms. The van der Waals surface area contributed by atoms with Gasteiger partial charge in [0.05, 0.1) is 0 Å². The lowest BCUT2D eigenvalue weighted by atomic mass is 10.0. The lowest BCUT2D eigenvalue weighted by molar-refractivity contribution is -0.146. The summed E-state index contributed by atoms with van der Waals surface area (Å²) in [5.74, 6) is -1.59. The summed E-state index contributed by atoms with van der Waals surface area (Å²) in [6, 6.07) is 19.0. The van der Waals surface area contributed by atoms with Crippen molar-refractivity contribution in [3.8, 4) is 0 Å². The number of aromatic nitrogens is 1. The molecule has 3 aromatic carbocycles. The second-order valence-electron chi connectivity index (χ2n) is 10.9. The van der Waals surface area contributed by atoms with Crippen molar-refractivity contribution >= 4 is 34.5 Å². The van der Waals surface area contributed by atoms with E-state index in [2.05, 4.69) is 27.9 Å². The van der Waals surface area contributed by atoms with Crippen molar-refractivity contribution in [2.75, 3.05) is 13.1 Å². The molecule has 9 nitrogen and oxygen atoms in total. The van der Waals surface area contributed by atoms with E-state index in [0.717, 1.165) is 33.2 Å². The van der Waals surface area contributed by atoms with E-state index in [-0.39, 0.29) is 37.2 Å². The number of aromatic amines is 1. The lowest BCUT2D eigenvalue weighted by Gasteiger charge is -2.32. The first-order chi connectivity index (χ1) is 20.2. The molecular formula is C33H35N5O4. The lowest BCUT2D eigenvalue weighted by Crippen LogP contribution is -2.57. The third-order valence-electron chi connectivity index (χ3n) is 7.87. The van der Waals surface area contributed by atoms with Crippen molar-refractivity contribution in [1.82, 2.24) is 25.8 Å². The third-order valence-corrected chi connectivity index (χ3v) is 7.87. The predicted molar refractivity (Wildman–Crippen MR) is 160 cm³/mol. The zero-order valence-corrected chi connectivity index (χ0v) is 24.0. The number of carbonyl (C=O) groups excluding carboxylic acids is 4. The van der Waals surface area contributed by atoms with E-state index in [1.54, 1.807) is 24.3 Å². The first kappa shape index (κ1) is 28.6. The summed E-state index contributed by atoms with van der Waals surface area (Å²) < 4.78 is 0. The van der Waals surface area contributed by atoms with E-state index >= 15 is 0 Å². The van der Waals surface area contributed by atoms with Gasteiger partial charge in [0.2, 0.25) is 17.7 Å². The highest BCUT2D eigenvalue weighted by Gasteiger charge is 2.35. The summed E-state index contributed by atoms with van der Waals surface area (Å²) in [4.78, 5) is 56.9. The number of nitrogens with zero attached hydrogens (tertiary/aromatic N) is 1. The number of benzene rings is 3. The number of hydrogen-bond acceptors (Lipinski definition) is 4. The number of hydrogen-bond donors (Lipinski definition) is 4. The SMILES string of the molecule is Cc1cc(CNC(=O)C(Cc2c[nH]c3ccccc23)NC(=O)CN2CC(=O)NC(c3ccccc3)C2=O)cc(C)c1C. The fourth-order valence-electron chi connectivity index (χ4n) is 5.39. The average Bonchev–Trinajstić information content (AvgIpc) is 3.39. The molecule has 0 bridgehead atoms. The van der Waals surface area contributed by atoms with E-state index < -0.39 is 18.0 Å². The van der Waals surface area contributed by atoms with E-state index in [0.29, 0.717) is 12.1 Å². The molecule has 2 heterocycles. The van der Waals surface area contributed by atoms with E-state index in [1.165, 1.54) is 10.5 Å². The van der Waals surface area contributed by atoms with Crippen LogP contribution in [0.5, 0.6) is 0 Å². The molecule has 0 saturated carbocycles. The molecule has 2 atom stereocenters. The van der Waals surface area contributed by atoms with Gasteiger partial charge in [-0.3, -0.25) is 19.2 Å². The van der Waals surface area contributed by atoms with Crippen molar-refractivity contribution in [3.63, 3.8) is 0 Å². The molecule has 0 aliphatic carbocycles. The smallest absolute Gasteiger partial charge is 0.250 e. The van der Waals surface area contributed by atoms with E-state index in [1.807, 2.05) is 62.5 Å². The molecule has 1 aliphatic heterocycles. The van der Waals surface area contributed by atoms with Crippen LogP contribution in [0.4, 0.5) is 0 Å². The fraction of sp³-hybridized carbons (Fsp3) is 0.273. The Morgan fingerprint density at radius 3 is 2.40 bits per heavy atom. The molecule has 9 heteroatoms. The zero-order chi connectivity index (χ0) is 29.8. The molecule has 1 aromatic heterocycles. The standard InChI is InChI=1S/C33H35N5O4/c1-20-13-23(14-21(2)22(20)3)16-35-32(41)28(15-25-17-34-27-12-8-7-11-26(25)27)36-29(39)18-38-19-30(40)37-31(33(38)42)24-9-5-4-6-10-24/h4-14,17,28,31,34H,15-16,18-19H2,1-3H3,(H,35,41)(H,36,39)(H,37,40). The van der Waals surface area contributed by atoms with Crippen LogP contribution in [-0.4, -0.2) is 52.6 Å². The van der Waals surface area contributed by atoms with Gasteiger partial charge < -0.3 is 25.8 Å². The molecule has 42 heavy (non-hydrogen) atoms. The highest BCUT2D eigenvalue weighted by atomic mass is 16.2. The molecule has 0 radical (unpaired) electrons. The topological polar surface area (TPSA) is 123 Å². The Kier molecular flexibility index (Phi) is 8.38. The Morgan fingerprint density at radius 2 is 1.67 bits per heavy atom. The summed E-state index contributed by atoms with van der Waals surface area (Å²) in [6.07, 6.45) is 2.08. The Bertz CT molecular complexity index is 1620. The van der Waals surface area contributed by atoms with Crippen LogP contribution in [0, 0.1) is 20.8 Å². The summed E-state index contributed by atoms with van der Waals surface area (Å²) >= 11 is 0. The van der Waals surface area contributed by atoms with Crippen molar-refractivity contribution in [3.05, 3.63) is 106 Å². The molecule has 4 N–H and O–H groups in total. The van der Waals surface area contributed by atoms with Crippen LogP contribution in [0.25, 0.3) is 10.9 Å². The number of piperazine rings is 1. The number of nitrogens with one attached hydrogen (secondary N) is 4. The van der Waals surface area contributed by atoms with Crippen molar-refractivity contribution < 1.29 is 19.2 Å². The zero-order valence-electron chi connectivity index (χ0n) is 24.0. The maximum absolute atomic E-state index is 13.5. The van der Waals surface area contributed by atoms with Gasteiger partial charge in [0, 0.05) is 30.1 Å². The minimum Gasteiger partial charge on any atom is -0.361 e. The van der Waals surface area contributed by atoms with Gasteiger partial charge >= 0.3 is 0 Å². The van der Waals surface area contributed by atoms with Gasteiger partial charge in [-0.15, -0.1) is 0 Å². The molecule has 1 aliphatic rings. The van der Waals surface area contributed by atoms with Crippen LogP contribution in [0.1, 0.15) is 39.4 Å². The number of H-pyrrole nitrogens is 1. The van der Waals surface area contributed by atoms with Gasteiger partial charge in [-0.05, 0) is 60.2 Å². The monoisotopic (exact) mass is 565 g/mol. The molecule has 2 unspecified atom stereocenters. The number of carbonyl (C=O) groups is 4. The molecule has 216 valence electrons. The van der Waals surface area contributed by atoms with Crippen LogP contribution < -0.4 is 16.0 Å². The number of aryl methyl sites for hydroxylation is 2. The Hall–Kier alpha value is -4.92. The third kappa shape index (κ3) is 6.35. The number of para-hydroxylation sites is 1. The normalized spacial score (nSPS) is 15.8. The number of fused-ring (bicyclic) bond motifs is 1. The van der Waals surface area contributed by atoms with E-state index in [9.17, 15) is 19.2 Å². The Labute approximate surface area is 244 Å². The van der Waals surface area contributed by atoms with Gasteiger partial charge in [-0.1, -0.05) is 60.7 Å². The maximum atomic E-state index is 13.5. The quantitative estimate of drug-likeness (QED) is 0.249. The van der Waals surface area contributed by atoms with Crippen molar-refractivity contribution in [2.24, 2.45) is 0 Å². The summed E-state index contributed by atoms with van der Waals surface area (Å²) in [6.45, 7) is 5.88. The predicted octanol–water partition coefficient (Wildman–Crippen LogP) is 3.14. The van der Waals surface area contributed by atoms with Crippen LogP contribution in [0.2, 0.25) is 0 Å². The van der Waals surface area contributed by atoms with Crippen LogP contribution in [-0.2, 0) is 32.1 Å². The van der Waals surface area contributed by atoms with Gasteiger partial charge in [0.15, 0.2) is 0 Å². The molecular weight excluding hydrogens is 530 g/mol. The molecule has 1 fully saturated rings. The van der Waals surface area contributed by atoms with E-state index in [4.69, 9.17) is 0 Å². The fourth-order valence-corrected chi connectivity index (χ4v) is 5.39. The highest BCUT2D eigenvalue weighted by Crippen LogP contribution is 2.21. The molecule has 4 aromatic rings. The largest absolute Gasteiger partial charge is 0.361 e. The number of amides is 4. The van der Waals surface area contributed by atoms with Gasteiger partial charge in [-0.25, -0.2) is 0 Å². The summed E-state index contributed by atoms with van der Waals surface area (Å²) in [7, 11) is 0. The second kappa shape index (κ2) is 12.3. The van der Waals surface area contributed by atoms with Crippen molar-refractivity contribution in [1.29, 1.82) is 0 Å². The van der Waals surface area contributed by atoms with Crippen LogP contribution in [0.3, 0.4) is 0 Å². The van der Waals surface area contributed by atoms with Gasteiger partial charge in [0.25, 0.3) is 5.91 Å². The number of rotatable bonds is 9. The summed E-state index contributed by atoms with van der Waals surface area (Å²) in [5, 5.41) is 9.48. The summed E-state index contributed by atoms with van der Waals surface area (Å²) in [5.41, 5.74) is 6.92. The minimum absolute atomic E-state index is 0.235. The first-order valence-corrected chi connectivity index (χ1v) is 14.0. The first-order valence-electron chi connectivity index (χ1n) is 14.0. The van der Waals surface area contributed by atoms with Crippen LogP contribution >= 0.6 is 0 Å². The van der Waals surface area contributed by atoms with Crippen LogP contribution in [0.15, 0.2) is 72.9 Å². The highest BCUT2D eigenvalue weighted by molar-refractivity contribution is 5.98. The molecule has 1 saturated heterocycles.